The van der Waals surface area contributed by atoms with Gasteiger partial charge in [0, 0.05) is 32.4 Å². The van der Waals surface area contributed by atoms with E-state index < -0.39 is 0 Å². The Balaban J connectivity index is 1.83. The lowest BCUT2D eigenvalue weighted by molar-refractivity contribution is -0.133. The van der Waals surface area contributed by atoms with Crippen LogP contribution in [-0.2, 0) is 11.8 Å². The van der Waals surface area contributed by atoms with Crippen LogP contribution < -0.4 is 5.32 Å². The molecule has 0 bridgehead atoms. The third-order valence-electron chi connectivity index (χ3n) is 4.05. The maximum absolute atomic E-state index is 12.9. The van der Waals surface area contributed by atoms with Crippen LogP contribution in [0.3, 0.4) is 0 Å². The first kappa shape index (κ1) is 14.6. The highest BCUT2D eigenvalue weighted by Crippen LogP contribution is 2.22. The van der Waals surface area contributed by atoms with Gasteiger partial charge in [-0.05, 0) is 24.8 Å². The van der Waals surface area contributed by atoms with E-state index in [0.29, 0.717) is 0 Å². The van der Waals surface area contributed by atoms with Gasteiger partial charge in [-0.3, -0.25) is 9.48 Å². The molecule has 2 aromatic rings. The molecular formula is C17H22N4O. The van der Waals surface area contributed by atoms with Gasteiger partial charge in [0.2, 0.25) is 5.91 Å². The molecule has 0 spiro atoms. The summed E-state index contributed by atoms with van der Waals surface area (Å²) < 4.78 is 1.73. The second-order valence-electron chi connectivity index (χ2n) is 5.75. The number of nitrogens with zero attached hydrogens (tertiary/aromatic N) is 3. The summed E-state index contributed by atoms with van der Waals surface area (Å²) in [5.41, 5.74) is 0.976. The topological polar surface area (TPSA) is 50.2 Å². The average Bonchev–Trinajstić information content (AvgIpc) is 2.99. The number of nitrogens with one attached hydrogen (secondary N) is 1. The van der Waals surface area contributed by atoms with Gasteiger partial charge in [-0.15, -0.1) is 0 Å². The van der Waals surface area contributed by atoms with Crippen LogP contribution in [0.4, 0.5) is 5.82 Å². The lowest BCUT2D eigenvalue weighted by Gasteiger charge is -2.31. The SMILES string of the molecule is Cn1ccc(NC(C(=O)N2CCCCC2)c2ccccc2)n1. The lowest BCUT2D eigenvalue weighted by atomic mass is 10.0. The van der Waals surface area contributed by atoms with Gasteiger partial charge in [0.15, 0.2) is 0 Å². The summed E-state index contributed by atoms with van der Waals surface area (Å²) in [5, 5.41) is 7.63. The molecule has 1 aliphatic heterocycles. The Hall–Kier alpha value is -2.30. The highest BCUT2D eigenvalue weighted by molar-refractivity contribution is 5.86. The van der Waals surface area contributed by atoms with Crippen molar-refractivity contribution in [1.82, 2.24) is 14.7 Å². The highest BCUT2D eigenvalue weighted by atomic mass is 16.2. The molecule has 1 fully saturated rings. The number of carbonyl (C=O) groups is 1. The number of benzene rings is 1. The van der Waals surface area contributed by atoms with E-state index in [9.17, 15) is 4.79 Å². The second kappa shape index (κ2) is 6.64. The zero-order chi connectivity index (χ0) is 15.4. The van der Waals surface area contributed by atoms with Gasteiger partial charge < -0.3 is 10.2 Å². The van der Waals surface area contributed by atoms with E-state index in [1.54, 1.807) is 4.68 Å². The van der Waals surface area contributed by atoms with Crippen molar-refractivity contribution < 1.29 is 4.79 Å². The van der Waals surface area contributed by atoms with E-state index >= 15 is 0 Å². The number of aromatic nitrogens is 2. The molecule has 22 heavy (non-hydrogen) atoms. The van der Waals surface area contributed by atoms with Crippen molar-refractivity contribution in [3.63, 3.8) is 0 Å². The number of piperidine rings is 1. The fraction of sp³-hybridized carbons (Fsp3) is 0.412. The average molecular weight is 298 g/mol. The van der Waals surface area contributed by atoms with Gasteiger partial charge in [-0.1, -0.05) is 30.3 Å². The third kappa shape index (κ3) is 3.30. The zero-order valence-electron chi connectivity index (χ0n) is 12.9. The summed E-state index contributed by atoms with van der Waals surface area (Å²) in [6.07, 6.45) is 5.27. The van der Waals surface area contributed by atoms with Crippen LogP contribution in [0.25, 0.3) is 0 Å². The molecule has 1 amide bonds. The molecular weight excluding hydrogens is 276 g/mol. The van der Waals surface area contributed by atoms with Gasteiger partial charge >= 0.3 is 0 Å². The predicted molar refractivity (Wildman–Crippen MR) is 86.4 cm³/mol. The van der Waals surface area contributed by atoms with E-state index in [1.807, 2.05) is 54.5 Å². The van der Waals surface area contributed by atoms with Gasteiger partial charge in [-0.25, -0.2) is 0 Å². The molecule has 2 heterocycles. The fourth-order valence-electron chi connectivity index (χ4n) is 2.87. The van der Waals surface area contributed by atoms with Crippen molar-refractivity contribution in [2.24, 2.45) is 7.05 Å². The first-order chi connectivity index (χ1) is 10.7. The molecule has 1 aromatic heterocycles. The molecule has 116 valence electrons. The molecule has 1 unspecified atom stereocenters. The van der Waals surface area contributed by atoms with Crippen LogP contribution in [0.5, 0.6) is 0 Å². The maximum Gasteiger partial charge on any atom is 0.249 e. The number of anilines is 1. The summed E-state index contributed by atoms with van der Waals surface area (Å²) in [7, 11) is 1.87. The van der Waals surface area contributed by atoms with E-state index in [-0.39, 0.29) is 11.9 Å². The van der Waals surface area contributed by atoms with Crippen molar-refractivity contribution in [3.8, 4) is 0 Å². The van der Waals surface area contributed by atoms with Crippen LogP contribution in [0, 0.1) is 0 Å². The van der Waals surface area contributed by atoms with Crippen LogP contribution in [0.2, 0.25) is 0 Å². The van der Waals surface area contributed by atoms with E-state index in [4.69, 9.17) is 0 Å². The normalized spacial score (nSPS) is 16.3. The number of rotatable bonds is 4. The zero-order valence-corrected chi connectivity index (χ0v) is 12.9. The Labute approximate surface area is 130 Å². The Morgan fingerprint density at radius 3 is 2.50 bits per heavy atom. The quantitative estimate of drug-likeness (QED) is 0.944. The Bertz CT molecular complexity index is 617. The molecule has 1 atom stereocenters. The molecule has 3 rings (SSSR count). The van der Waals surface area contributed by atoms with Crippen molar-refractivity contribution in [1.29, 1.82) is 0 Å². The number of amides is 1. The molecule has 0 aliphatic carbocycles. The Morgan fingerprint density at radius 1 is 1.14 bits per heavy atom. The number of aryl methyl sites for hydroxylation is 1. The number of likely N-dealkylation sites (tertiary alicyclic amines) is 1. The van der Waals surface area contributed by atoms with E-state index in [0.717, 1.165) is 37.3 Å². The number of hydrogen-bond donors (Lipinski definition) is 1. The highest BCUT2D eigenvalue weighted by Gasteiger charge is 2.27. The predicted octanol–water partition coefficient (Wildman–Crippen LogP) is 2.59. The minimum atomic E-state index is -0.380. The van der Waals surface area contributed by atoms with Gasteiger partial charge in [0.1, 0.15) is 11.9 Å². The molecule has 0 saturated carbocycles. The monoisotopic (exact) mass is 298 g/mol. The smallest absolute Gasteiger partial charge is 0.249 e. The van der Waals surface area contributed by atoms with Crippen LogP contribution in [0.15, 0.2) is 42.6 Å². The van der Waals surface area contributed by atoms with Crippen molar-refractivity contribution in [3.05, 3.63) is 48.2 Å². The van der Waals surface area contributed by atoms with Crippen LogP contribution >= 0.6 is 0 Å². The molecule has 1 saturated heterocycles. The standard InChI is InChI=1S/C17H22N4O/c1-20-13-10-15(19-20)18-16(14-8-4-2-5-9-14)17(22)21-11-6-3-7-12-21/h2,4-5,8-10,13,16H,3,6-7,11-12H2,1H3,(H,18,19). The molecule has 0 radical (unpaired) electrons. The Kier molecular flexibility index (Phi) is 4.42. The van der Waals surface area contributed by atoms with Gasteiger partial charge in [0.05, 0.1) is 0 Å². The van der Waals surface area contributed by atoms with Crippen LogP contribution in [-0.4, -0.2) is 33.7 Å². The fourth-order valence-corrected chi connectivity index (χ4v) is 2.87. The Morgan fingerprint density at radius 2 is 1.86 bits per heavy atom. The number of hydrogen-bond acceptors (Lipinski definition) is 3. The number of carbonyl (C=O) groups excluding carboxylic acids is 1. The molecule has 1 aliphatic rings. The lowest BCUT2D eigenvalue weighted by Crippen LogP contribution is -2.41. The second-order valence-corrected chi connectivity index (χ2v) is 5.75. The van der Waals surface area contributed by atoms with E-state index in [2.05, 4.69) is 10.4 Å². The molecule has 5 heteroatoms. The largest absolute Gasteiger partial charge is 0.353 e. The maximum atomic E-state index is 12.9. The summed E-state index contributed by atoms with van der Waals surface area (Å²) in [4.78, 5) is 14.9. The van der Waals surface area contributed by atoms with E-state index in [1.165, 1.54) is 6.42 Å². The van der Waals surface area contributed by atoms with Gasteiger partial charge in [0.25, 0.3) is 0 Å². The summed E-state index contributed by atoms with van der Waals surface area (Å²) >= 11 is 0. The minimum absolute atomic E-state index is 0.136. The van der Waals surface area contributed by atoms with Crippen molar-refractivity contribution in [2.75, 3.05) is 18.4 Å². The van der Waals surface area contributed by atoms with Crippen molar-refractivity contribution >= 4 is 11.7 Å². The van der Waals surface area contributed by atoms with Crippen molar-refractivity contribution in [2.45, 2.75) is 25.3 Å². The minimum Gasteiger partial charge on any atom is -0.353 e. The van der Waals surface area contributed by atoms with Crippen LogP contribution in [0.1, 0.15) is 30.9 Å². The molecule has 5 nitrogen and oxygen atoms in total. The molecule has 1 N–H and O–H groups in total. The first-order valence-corrected chi connectivity index (χ1v) is 7.84. The molecule has 1 aromatic carbocycles. The summed E-state index contributed by atoms with van der Waals surface area (Å²) in [6.45, 7) is 1.71. The summed E-state index contributed by atoms with van der Waals surface area (Å²) in [6, 6.07) is 11.4. The first-order valence-electron chi connectivity index (χ1n) is 7.84. The van der Waals surface area contributed by atoms with Gasteiger partial charge in [-0.2, -0.15) is 5.10 Å². The summed E-state index contributed by atoms with van der Waals surface area (Å²) in [5.74, 6) is 0.860. The third-order valence-corrected chi connectivity index (χ3v) is 4.05.